The Morgan fingerprint density at radius 2 is 1.96 bits per heavy atom. The molecule has 4 aliphatic carbocycles. The van der Waals surface area contributed by atoms with Crippen LogP contribution in [0.1, 0.15) is 70.8 Å². The van der Waals surface area contributed by atoms with Gasteiger partial charge in [0.15, 0.2) is 0 Å². The molecule has 2 heteroatoms. The van der Waals surface area contributed by atoms with Crippen molar-refractivity contribution in [3.63, 3.8) is 0 Å². The lowest BCUT2D eigenvalue weighted by molar-refractivity contribution is -0.115. The van der Waals surface area contributed by atoms with Gasteiger partial charge in [0.1, 0.15) is 0 Å². The molecule has 0 amide bonds. The highest BCUT2D eigenvalue weighted by molar-refractivity contribution is 5.72. The molecule has 0 aliphatic heterocycles. The Morgan fingerprint density at radius 3 is 2.77 bits per heavy atom. The van der Waals surface area contributed by atoms with Crippen molar-refractivity contribution in [2.75, 3.05) is 0 Å². The maximum atomic E-state index is 10.2. The van der Waals surface area contributed by atoms with Crippen molar-refractivity contribution >= 4 is 5.57 Å². The molecule has 0 radical (unpaired) electrons. The molecule has 26 heavy (non-hydrogen) atoms. The summed E-state index contributed by atoms with van der Waals surface area (Å²) in [7, 11) is 0. The first-order valence-corrected chi connectivity index (χ1v) is 10.8. The predicted octanol–water partition coefficient (Wildman–Crippen LogP) is 5.48. The van der Waals surface area contributed by atoms with Crippen molar-refractivity contribution in [2.45, 2.75) is 71.3 Å². The van der Waals surface area contributed by atoms with Gasteiger partial charge in [-0.15, -0.1) is 0 Å². The Kier molecular flexibility index (Phi) is 3.87. The number of hydrogen-bond acceptors (Lipinski definition) is 2. The summed E-state index contributed by atoms with van der Waals surface area (Å²) in [6, 6.07) is 4.33. The number of hydrogen-bond donors (Lipinski definition) is 1. The van der Waals surface area contributed by atoms with E-state index < -0.39 is 0 Å². The molecule has 1 N–H and O–H groups in total. The normalized spacial score (nSPS) is 47.5. The second-order valence-electron chi connectivity index (χ2n) is 10.1. The summed E-state index contributed by atoms with van der Waals surface area (Å²) in [4.78, 5) is 4.39. The Bertz CT molecular complexity index is 712. The highest BCUT2D eigenvalue weighted by atomic mass is 16.3. The monoisotopic (exact) mass is 351 g/mol. The van der Waals surface area contributed by atoms with Crippen LogP contribution in [0.5, 0.6) is 0 Å². The SMILES string of the molecule is C[C@]12CCC3C(CC[C@H]4C[C@H](O)CC[C@]34C)C1CC=C2c1cccnc1. The average molecular weight is 352 g/mol. The summed E-state index contributed by atoms with van der Waals surface area (Å²) in [5, 5.41) is 10.2. The third-order valence-electron chi connectivity index (χ3n) is 9.19. The maximum absolute atomic E-state index is 10.2. The zero-order valence-electron chi connectivity index (χ0n) is 16.3. The van der Waals surface area contributed by atoms with Crippen LogP contribution in [0.4, 0.5) is 0 Å². The molecule has 0 spiro atoms. The minimum Gasteiger partial charge on any atom is -0.393 e. The summed E-state index contributed by atoms with van der Waals surface area (Å²) < 4.78 is 0. The highest BCUT2D eigenvalue weighted by Crippen LogP contribution is 2.67. The number of aliphatic hydroxyl groups excluding tert-OH is 1. The van der Waals surface area contributed by atoms with Crippen molar-refractivity contribution in [1.82, 2.24) is 4.98 Å². The van der Waals surface area contributed by atoms with Gasteiger partial charge in [0.2, 0.25) is 0 Å². The summed E-state index contributed by atoms with van der Waals surface area (Å²) in [5.74, 6) is 3.30. The number of nitrogens with zero attached hydrogens (tertiary/aromatic N) is 1. The van der Waals surface area contributed by atoms with E-state index in [0.717, 1.165) is 36.5 Å². The van der Waals surface area contributed by atoms with Crippen LogP contribution in [0.3, 0.4) is 0 Å². The number of pyridine rings is 1. The van der Waals surface area contributed by atoms with Crippen molar-refractivity contribution in [3.05, 3.63) is 36.2 Å². The van der Waals surface area contributed by atoms with E-state index in [1.807, 2.05) is 6.20 Å². The molecule has 5 rings (SSSR count). The van der Waals surface area contributed by atoms with E-state index >= 15 is 0 Å². The fourth-order valence-electron chi connectivity index (χ4n) is 7.77. The second-order valence-corrected chi connectivity index (χ2v) is 10.1. The Hall–Kier alpha value is -1.15. The number of aliphatic hydroxyl groups is 1. The molecule has 4 aliphatic rings. The number of rotatable bonds is 1. The van der Waals surface area contributed by atoms with Crippen molar-refractivity contribution in [1.29, 1.82) is 0 Å². The maximum Gasteiger partial charge on any atom is 0.0543 e. The van der Waals surface area contributed by atoms with Crippen LogP contribution in [-0.2, 0) is 0 Å². The second kappa shape index (κ2) is 5.92. The van der Waals surface area contributed by atoms with E-state index in [2.05, 4.69) is 43.2 Å². The molecule has 3 saturated carbocycles. The molecule has 3 unspecified atom stereocenters. The smallest absolute Gasteiger partial charge is 0.0543 e. The lowest BCUT2D eigenvalue weighted by atomic mass is 9.44. The molecule has 2 nitrogen and oxygen atoms in total. The van der Waals surface area contributed by atoms with E-state index in [-0.39, 0.29) is 6.10 Å². The third kappa shape index (κ3) is 2.30. The minimum atomic E-state index is -0.0381. The fourth-order valence-corrected chi connectivity index (χ4v) is 7.77. The minimum absolute atomic E-state index is 0.0381. The molecule has 3 fully saturated rings. The Balaban J connectivity index is 1.44. The molecular weight excluding hydrogens is 318 g/mol. The largest absolute Gasteiger partial charge is 0.393 e. The molecule has 140 valence electrons. The number of allylic oxidation sites excluding steroid dienone is 2. The first kappa shape index (κ1) is 17.0. The van der Waals surface area contributed by atoms with Gasteiger partial charge in [-0.05, 0) is 103 Å². The quantitative estimate of drug-likeness (QED) is 0.727. The Morgan fingerprint density at radius 1 is 1.08 bits per heavy atom. The summed E-state index contributed by atoms with van der Waals surface area (Å²) in [6.45, 7) is 5.12. The third-order valence-corrected chi connectivity index (χ3v) is 9.19. The van der Waals surface area contributed by atoms with Crippen LogP contribution in [-0.4, -0.2) is 16.2 Å². The standard InChI is InChI=1S/C24H33NO/c1-23-11-9-18(26)14-17(23)5-6-19-21-8-7-20(16-4-3-13-25-15-16)24(21,2)12-10-22(19)23/h3-4,7,13,15,17-19,21-22,26H,5-6,8-12,14H2,1-2H3/t17-,18+,19?,21?,22?,23-,24+/m0/s1. The van der Waals surface area contributed by atoms with E-state index in [9.17, 15) is 5.11 Å². The zero-order chi connectivity index (χ0) is 17.9. The molecule has 7 atom stereocenters. The Labute approximate surface area is 158 Å². The first-order valence-electron chi connectivity index (χ1n) is 10.8. The molecule has 1 aromatic heterocycles. The lowest BCUT2D eigenvalue weighted by Crippen LogP contribution is -2.53. The molecular formula is C24H33NO. The lowest BCUT2D eigenvalue weighted by Gasteiger charge is -2.60. The van der Waals surface area contributed by atoms with Crippen LogP contribution < -0.4 is 0 Å². The van der Waals surface area contributed by atoms with Gasteiger partial charge in [0.05, 0.1) is 6.10 Å². The molecule has 1 aromatic rings. The predicted molar refractivity (Wildman–Crippen MR) is 105 cm³/mol. The van der Waals surface area contributed by atoms with Gasteiger partial charge in [-0.3, -0.25) is 4.98 Å². The van der Waals surface area contributed by atoms with Gasteiger partial charge in [0, 0.05) is 12.4 Å². The van der Waals surface area contributed by atoms with Crippen LogP contribution in [0.15, 0.2) is 30.6 Å². The van der Waals surface area contributed by atoms with Crippen LogP contribution in [0.2, 0.25) is 0 Å². The van der Waals surface area contributed by atoms with Gasteiger partial charge in [-0.2, -0.15) is 0 Å². The van der Waals surface area contributed by atoms with Gasteiger partial charge >= 0.3 is 0 Å². The fraction of sp³-hybridized carbons (Fsp3) is 0.708. The topological polar surface area (TPSA) is 33.1 Å². The average Bonchev–Trinajstić information content (AvgIpc) is 3.00. The van der Waals surface area contributed by atoms with Crippen LogP contribution >= 0.6 is 0 Å². The van der Waals surface area contributed by atoms with Crippen molar-refractivity contribution < 1.29 is 5.11 Å². The van der Waals surface area contributed by atoms with Crippen molar-refractivity contribution in [3.8, 4) is 0 Å². The van der Waals surface area contributed by atoms with Crippen molar-refractivity contribution in [2.24, 2.45) is 34.5 Å². The summed E-state index contributed by atoms with van der Waals surface area (Å²) in [6.07, 6.45) is 16.4. The molecule has 0 bridgehead atoms. The van der Waals surface area contributed by atoms with Gasteiger partial charge in [0.25, 0.3) is 0 Å². The van der Waals surface area contributed by atoms with Gasteiger partial charge in [-0.1, -0.05) is 26.0 Å². The highest BCUT2D eigenvalue weighted by Gasteiger charge is 2.58. The number of aromatic nitrogens is 1. The van der Waals surface area contributed by atoms with E-state index in [4.69, 9.17) is 0 Å². The van der Waals surface area contributed by atoms with Crippen LogP contribution in [0, 0.1) is 34.5 Å². The van der Waals surface area contributed by atoms with E-state index in [0.29, 0.717) is 10.8 Å². The molecule has 0 saturated heterocycles. The van der Waals surface area contributed by atoms with Gasteiger partial charge < -0.3 is 5.11 Å². The zero-order valence-corrected chi connectivity index (χ0v) is 16.3. The summed E-state index contributed by atoms with van der Waals surface area (Å²) >= 11 is 0. The van der Waals surface area contributed by atoms with Gasteiger partial charge in [-0.25, -0.2) is 0 Å². The van der Waals surface area contributed by atoms with E-state index in [1.54, 1.807) is 5.57 Å². The molecule has 0 aromatic carbocycles. The number of fused-ring (bicyclic) bond motifs is 5. The van der Waals surface area contributed by atoms with Crippen LogP contribution in [0.25, 0.3) is 5.57 Å². The van der Waals surface area contributed by atoms with E-state index in [1.165, 1.54) is 44.1 Å². The first-order chi connectivity index (χ1) is 12.5. The summed E-state index contributed by atoms with van der Waals surface area (Å²) in [5.41, 5.74) is 3.72. The molecule has 1 heterocycles.